The number of rotatable bonds is 13. The zero-order valence-corrected chi connectivity index (χ0v) is 20.5. The number of quaternary nitrogens is 1. The molecule has 1 fully saturated rings. The maximum absolute atomic E-state index is 13.1. The molecule has 12 nitrogen and oxygen atoms in total. The third kappa shape index (κ3) is 6.32. The second-order valence-corrected chi connectivity index (χ2v) is 8.19. The number of Topliss-reactive ketones (excluding diaryl/α,β-unsaturated/α-hetero) is 1. The number of carbonyl (C=O) groups is 4. The number of nitro benzene ring substituents is 1. The fourth-order valence-electron chi connectivity index (χ4n) is 4.29. The van der Waals surface area contributed by atoms with E-state index in [1.807, 2.05) is 20.8 Å². The summed E-state index contributed by atoms with van der Waals surface area (Å²) in [6.07, 6.45) is -1.13. The smallest absolute Gasteiger partial charge is 0.406 e. The Morgan fingerprint density at radius 2 is 1.74 bits per heavy atom. The monoisotopic (exact) mass is 493 g/mol. The van der Waals surface area contributed by atoms with Gasteiger partial charge in [-0.3, -0.25) is 24.6 Å². The maximum atomic E-state index is 13.1. The SMILES string of the molecule is CC[N+](CC)(CC)C1CC(=O)N1C(C(=O)CCOC(=O)NC)C(=O)OCc1ccc([N+](=O)[O-])cc1. The fourth-order valence-corrected chi connectivity index (χ4v) is 4.29. The quantitative estimate of drug-likeness (QED) is 0.109. The summed E-state index contributed by atoms with van der Waals surface area (Å²) in [5.41, 5.74) is 0.386. The zero-order valence-electron chi connectivity index (χ0n) is 20.5. The van der Waals surface area contributed by atoms with E-state index < -0.39 is 28.8 Å². The summed E-state index contributed by atoms with van der Waals surface area (Å²) in [6, 6.07) is 3.99. The van der Waals surface area contributed by atoms with E-state index in [1.54, 1.807) is 0 Å². The summed E-state index contributed by atoms with van der Waals surface area (Å²) in [6.45, 7) is 7.63. The van der Waals surface area contributed by atoms with Crippen LogP contribution in [0.5, 0.6) is 0 Å². The number of nitrogens with one attached hydrogen (secondary N) is 1. The summed E-state index contributed by atoms with van der Waals surface area (Å²) in [5.74, 6) is -1.82. The molecule has 0 saturated carbocycles. The van der Waals surface area contributed by atoms with Gasteiger partial charge in [-0.1, -0.05) is 0 Å². The minimum atomic E-state index is -1.48. The third-order valence-corrected chi connectivity index (χ3v) is 6.61. The second-order valence-electron chi connectivity index (χ2n) is 8.19. The van der Waals surface area contributed by atoms with Gasteiger partial charge in [0.2, 0.25) is 5.91 Å². The van der Waals surface area contributed by atoms with Crippen molar-refractivity contribution in [1.29, 1.82) is 0 Å². The van der Waals surface area contributed by atoms with Crippen molar-refractivity contribution in [3.05, 3.63) is 39.9 Å². The van der Waals surface area contributed by atoms with E-state index >= 15 is 0 Å². The summed E-state index contributed by atoms with van der Waals surface area (Å²) < 4.78 is 10.8. The van der Waals surface area contributed by atoms with Crippen LogP contribution in [0.25, 0.3) is 0 Å². The van der Waals surface area contributed by atoms with Crippen molar-refractivity contribution in [3.8, 4) is 0 Å². The van der Waals surface area contributed by atoms with Crippen molar-refractivity contribution >= 4 is 29.4 Å². The van der Waals surface area contributed by atoms with Crippen molar-refractivity contribution in [2.75, 3.05) is 33.3 Å². The number of non-ortho nitro benzene ring substituents is 1. The fraction of sp³-hybridized carbons (Fsp3) is 0.565. The molecule has 1 aliphatic heterocycles. The predicted molar refractivity (Wildman–Crippen MR) is 124 cm³/mol. The number of esters is 1. The minimum absolute atomic E-state index is 0.105. The zero-order chi connectivity index (χ0) is 26.2. The molecule has 1 N–H and O–H groups in total. The summed E-state index contributed by atoms with van der Waals surface area (Å²) >= 11 is 0. The van der Waals surface area contributed by atoms with Gasteiger partial charge in [0.15, 0.2) is 18.0 Å². The van der Waals surface area contributed by atoms with E-state index in [0.717, 1.165) is 0 Å². The number of amides is 2. The number of ketones is 1. The van der Waals surface area contributed by atoms with Crippen molar-refractivity contribution in [2.24, 2.45) is 0 Å². The van der Waals surface area contributed by atoms with E-state index in [2.05, 4.69) is 5.32 Å². The lowest BCUT2D eigenvalue weighted by atomic mass is 9.97. The van der Waals surface area contributed by atoms with Gasteiger partial charge < -0.3 is 19.3 Å². The number of benzene rings is 1. The first-order chi connectivity index (χ1) is 16.6. The number of hydrogen-bond acceptors (Lipinski definition) is 8. The number of nitrogens with zero attached hydrogens (tertiary/aromatic N) is 3. The third-order valence-electron chi connectivity index (χ3n) is 6.61. The minimum Gasteiger partial charge on any atom is -0.459 e. The highest BCUT2D eigenvalue weighted by atomic mass is 16.6. The number of β-lactam (4-membered cyclic amide) rings is 1. The van der Waals surface area contributed by atoms with Gasteiger partial charge in [0.1, 0.15) is 13.2 Å². The normalized spacial score (nSPS) is 16.2. The van der Waals surface area contributed by atoms with Crippen LogP contribution in [0.1, 0.15) is 39.2 Å². The van der Waals surface area contributed by atoms with Crippen LogP contribution in [-0.4, -0.2) is 83.6 Å². The number of alkyl carbamates (subject to hydrolysis) is 1. The Bertz CT molecular complexity index is 937. The second kappa shape index (κ2) is 12.2. The standard InChI is InChI=1S/C23H32N4O8/c1-5-27(6-2,7-3)19-14-20(29)25(19)21(18(28)12-13-34-23(31)24-4)22(30)35-15-16-8-10-17(11-9-16)26(32)33/h8-11,19,21H,5-7,12-15H2,1-4H3/p+1. The molecule has 1 saturated heterocycles. The maximum Gasteiger partial charge on any atom is 0.406 e. The molecule has 35 heavy (non-hydrogen) atoms. The van der Waals surface area contributed by atoms with Gasteiger partial charge in [0.05, 0.1) is 31.0 Å². The molecule has 0 radical (unpaired) electrons. The summed E-state index contributed by atoms with van der Waals surface area (Å²) in [4.78, 5) is 61.9. The molecule has 2 rings (SSSR count). The Labute approximate surface area is 203 Å². The first kappa shape index (κ1) is 27.7. The van der Waals surface area contributed by atoms with Crippen LogP contribution in [-0.2, 0) is 30.5 Å². The number of nitro groups is 1. The highest BCUT2D eigenvalue weighted by molar-refractivity contribution is 6.07. The lowest BCUT2D eigenvalue weighted by molar-refractivity contribution is -0.959. The number of likely N-dealkylation sites (tertiary alicyclic amines) is 1. The molecular weight excluding hydrogens is 460 g/mol. The van der Waals surface area contributed by atoms with Gasteiger partial charge >= 0.3 is 12.1 Å². The molecule has 0 spiro atoms. The van der Waals surface area contributed by atoms with Gasteiger partial charge in [0, 0.05) is 25.6 Å². The van der Waals surface area contributed by atoms with Crippen LogP contribution in [0.15, 0.2) is 24.3 Å². The summed E-state index contributed by atoms with van der Waals surface area (Å²) in [5, 5.41) is 13.1. The molecule has 2 amide bonds. The molecule has 0 bridgehead atoms. The van der Waals surface area contributed by atoms with E-state index in [-0.39, 0.29) is 43.8 Å². The lowest BCUT2D eigenvalue weighted by Crippen LogP contribution is -2.74. The Morgan fingerprint density at radius 1 is 1.14 bits per heavy atom. The van der Waals surface area contributed by atoms with E-state index in [1.165, 1.54) is 36.2 Å². The summed E-state index contributed by atoms with van der Waals surface area (Å²) in [7, 11) is 1.38. The first-order valence-corrected chi connectivity index (χ1v) is 11.6. The van der Waals surface area contributed by atoms with Gasteiger partial charge in [0.25, 0.3) is 5.69 Å². The predicted octanol–water partition coefficient (Wildman–Crippen LogP) is 1.76. The number of hydrogen-bond donors (Lipinski definition) is 1. The van der Waals surface area contributed by atoms with Crippen molar-refractivity contribution < 1.29 is 38.1 Å². The van der Waals surface area contributed by atoms with Crippen molar-refractivity contribution in [3.63, 3.8) is 0 Å². The Balaban J connectivity index is 2.24. The molecule has 1 aliphatic rings. The topological polar surface area (TPSA) is 145 Å². The number of ether oxygens (including phenoxy) is 2. The van der Waals surface area contributed by atoms with Crippen molar-refractivity contribution in [2.45, 2.75) is 52.4 Å². The van der Waals surface area contributed by atoms with Gasteiger partial charge in [-0.25, -0.2) is 9.59 Å². The highest BCUT2D eigenvalue weighted by Crippen LogP contribution is 2.32. The van der Waals surface area contributed by atoms with Gasteiger partial charge in [-0.2, -0.15) is 0 Å². The highest BCUT2D eigenvalue weighted by Gasteiger charge is 2.55. The Kier molecular flexibility index (Phi) is 9.69. The Morgan fingerprint density at radius 3 is 2.23 bits per heavy atom. The van der Waals surface area contributed by atoms with Crippen molar-refractivity contribution in [1.82, 2.24) is 10.2 Å². The molecule has 1 heterocycles. The lowest BCUT2D eigenvalue weighted by Gasteiger charge is -2.53. The van der Waals surface area contributed by atoms with Crippen LogP contribution in [0.2, 0.25) is 0 Å². The molecule has 192 valence electrons. The largest absolute Gasteiger partial charge is 0.459 e. The molecular formula is C23H33N4O8+. The van der Waals surface area contributed by atoms with Crippen LogP contribution in [0.4, 0.5) is 10.5 Å². The average Bonchev–Trinajstić information content (AvgIpc) is 2.86. The first-order valence-electron chi connectivity index (χ1n) is 11.6. The van der Waals surface area contributed by atoms with Crippen LogP contribution in [0, 0.1) is 10.1 Å². The molecule has 1 aromatic rings. The van der Waals surface area contributed by atoms with Crippen LogP contribution in [0.3, 0.4) is 0 Å². The molecule has 0 aromatic heterocycles. The van der Waals surface area contributed by atoms with Gasteiger partial charge in [-0.05, 0) is 38.5 Å². The van der Waals surface area contributed by atoms with Gasteiger partial charge in [-0.15, -0.1) is 0 Å². The molecule has 2 unspecified atom stereocenters. The number of carbonyl (C=O) groups excluding carboxylic acids is 4. The Hall–Kier alpha value is -3.54. The molecule has 2 atom stereocenters. The van der Waals surface area contributed by atoms with E-state index in [0.29, 0.717) is 29.7 Å². The molecule has 0 aliphatic carbocycles. The van der Waals surface area contributed by atoms with E-state index in [4.69, 9.17) is 9.47 Å². The molecule has 1 aromatic carbocycles. The van der Waals surface area contributed by atoms with Crippen LogP contribution >= 0.6 is 0 Å². The molecule has 12 heteroatoms. The van der Waals surface area contributed by atoms with Crippen LogP contribution < -0.4 is 5.32 Å². The average molecular weight is 494 g/mol. The van der Waals surface area contributed by atoms with E-state index in [9.17, 15) is 29.3 Å².